The molecule has 94 valence electrons. The van der Waals surface area contributed by atoms with Gasteiger partial charge in [0.05, 0.1) is 0 Å². The van der Waals surface area contributed by atoms with Gasteiger partial charge in [-0.1, -0.05) is 18.2 Å². The molecule has 0 spiro atoms. The number of allylic oxidation sites excluding steroid dienone is 2. The summed E-state index contributed by atoms with van der Waals surface area (Å²) in [6.45, 7) is 1.95. The van der Waals surface area contributed by atoms with Gasteiger partial charge in [0.1, 0.15) is 0 Å². The third kappa shape index (κ3) is 2.40. The van der Waals surface area contributed by atoms with E-state index >= 15 is 0 Å². The molecule has 3 heteroatoms. The third-order valence-electron chi connectivity index (χ3n) is 3.57. The second-order valence-corrected chi connectivity index (χ2v) is 5.19. The standard InChI is InChI=1S/C15H18N2O/c1-10-4-2-3-5-13(10)15(18)17-16-14(11-6-7-11)12-8-9-12/h2-5,11,16H,6-9H2,1H3,(H,17,18). The molecule has 2 aliphatic rings. The Hall–Kier alpha value is -1.77. The first kappa shape index (κ1) is 11.3. The molecule has 0 bridgehead atoms. The molecule has 0 unspecified atom stereocenters. The molecule has 1 aromatic rings. The molecule has 0 heterocycles. The molecular formula is C15H18N2O. The molecule has 18 heavy (non-hydrogen) atoms. The average Bonchev–Trinajstić information content (AvgIpc) is 3.24. The number of hydrogen-bond donors (Lipinski definition) is 2. The molecule has 0 radical (unpaired) electrons. The number of carbonyl (C=O) groups is 1. The molecule has 3 nitrogen and oxygen atoms in total. The van der Waals surface area contributed by atoms with Crippen molar-refractivity contribution in [2.45, 2.75) is 32.6 Å². The maximum absolute atomic E-state index is 12.1. The Labute approximate surface area is 107 Å². The Morgan fingerprint density at radius 2 is 1.89 bits per heavy atom. The van der Waals surface area contributed by atoms with E-state index in [0.29, 0.717) is 5.92 Å². The first-order chi connectivity index (χ1) is 8.75. The van der Waals surface area contributed by atoms with Crippen molar-refractivity contribution in [1.82, 2.24) is 10.9 Å². The van der Waals surface area contributed by atoms with E-state index in [1.165, 1.54) is 37.0 Å². The second kappa shape index (κ2) is 4.48. The van der Waals surface area contributed by atoms with Gasteiger partial charge in [-0.3, -0.25) is 10.2 Å². The number of aryl methyl sites for hydroxylation is 1. The van der Waals surface area contributed by atoms with E-state index in [1.54, 1.807) is 0 Å². The fourth-order valence-corrected chi connectivity index (χ4v) is 2.20. The minimum absolute atomic E-state index is 0.0486. The van der Waals surface area contributed by atoms with Crippen LogP contribution in [-0.2, 0) is 0 Å². The molecule has 1 aromatic carbocycles. The Balaban J connectivity index is 1.65. The van der Waals surface area contributed by atoms with E-state index in [1.807, 2.05) is 31.2 Å². The summed E-state index contributed by atoms with van der Waals surface area (Å²) < 4.78 is 0. The number of amides is 1. The van der Waals surface area contributed by atoms with Crippen molar-refractivity contribution in [1.29, 1.82) is 0 Å². The molecule has 2 N–H and O–H groups in total. The fourth-order valence-electron chi connectivity index (χ4n) is 2.20. The van der Waals surface area contributed by atoms with Gasteiger partial charge < -0.3 is 5.43 Å². The molecule has 3 rings (SSSR count). The van der Waals surface area contributed by atoms with Crippen LogP contribution in [0.1, 0.15) is 41.6 Å². The molecule has 1 amide bonds. The van der Waals surface area contributed by atoms with Crippen molar-refractivity contribution in [2.24, 2.45) is 5.92 Å². The summed E-state index contributed by atoms with van der Waals surface area (Å²) in [5.74, 6) is 0.618. The van der Waals surface area contributed by atoms with E-state index in [0.717, 1.165) is 11.1 Å². The summed E-state index contributed by atoms with van der Waals surface area (Å²) in [6, 6.07) is 7.65. The number of hydrazine groups is 1. The van der Waals surface area contributed by atoms with Gasteiger partial charge in [-0.2, -0.15) is 0 Å². The van der Waals surface area contributed by atoms with Gasteiger partial charge in [-0.15, -0.1) is 0 Å². The molecule has 0 atom stereocenters. The predicted octanol–water partition coefficient (Wildman–Crippen LogP) is 2.69. The predicted molar refractivity (Wildman–Crippen MR) is 70.8 cm³/mol. The summed E-state index contributed by atoms with van der Waals surface area (Å²) in [7, 11) is 0. The van der Waals surface area contributed by atoms with Gasteiger partial charge in [0, 0.05) is 17.2 Å². The molecule has 2 fully saturated rings. The summed E-state index contributed by atoms with van der Waals surface area (Å²) in [4.78, 5) is 12.1. The quantitative estimate of drug-likeness (QED) is 0.797. The highest BCUT2D eigenvalue weighted by molar-refractivity contribution is 5.95. The first-order valence-corrected chi connectivity index (χ1v) is 6.59. The molecule has 2 aliphatic carbocycles. The SMILES string of the molecule is Cc1ccccc1C(=O)NNC(=C1CC1)C1CC1. The van der Waals surface area contributed by atoms with Crippen LogP contribution in [0, 0.1) is 12.8 Å². The van der Waals surface area contributed by atoms with Crippen LogP contribution in [-0.4, -0.2) is 5.91 Å². The van der Waals surface area contributed by atoms with Crippen LogP contribution in [0.3, 0.4) is 0 Å². The number of hydrogen-bond acceptors (Lipinski definition) is 2. The lowest BCUT2D eigenvalue weighted by atomic mass is 10.1. The van der Waals surface area contributed by atoms with Crippen LogP contribution < -0.4 is 10.9 Å². The van der Waals surface area contributed by atoms with Crippen molar-refractivity contribution in [3.63, 3.8) is 0 Å². The lowest BCUT2D eigenvalue weighted by Gasteiger charge is -2.12. The van der Waals surface area contributed by atoms with E-state index in [9.17, 15) is 4.79 Å². The highest BCUT2D eigenvalue weighted by atomic mass is 16.2. The highest BCUT2D eigenvalue weighted by Crippen LogP contribution is 2.42. The van der Waals surface area contributed by atoms with Crippen LogP contribution in [0.2, 0.25) is 0 Å². The maximum Gasteiger partial charge on any atom is 0.269 e. The van der Waals surface area contributed by atoms with Gasteiger partial charge in [-0.05, 0) is 49.8 Å². The van der Waals surface area contributed by atoms with Crippen LogP contribution in [0.25, 0.3) is 0 Å². The van der Waals surface area contributed by atoms with Crippen LogP contribution in [0.4, 0.5) is 0 Å². The largest absolute Gasteiger partial charge is 0.302 e. The van der Waals surface area contributed by atoms with Crippen molar-refractivity contribution >= 4 is 5.91 Å². The first-order valence-electron chi connectivity index (χ1n) is 6.59. The number of nitrogens with one attached hydrogen (secondary N) is 2. The van der Waals surface area contributed by atoms with Crippen molar-refractivity contribution in [3.05, 3.63) is 46.7 Å². The van der Waals surface area contributed by atoms with Gasteiger partial charge in [0.15, 0.2) is 0 Å². The molecule has 0 aliphatic heterocycles. The zero-order valence-corrected chi connectivity index (χ0v) is 10.6. The highest BCUT2D eigenvalue weighted by Gasteiger charge is 2.32. The van der Waals surface area contributed by atoms with E-state index in [4.69, 9.17) is 0 Å². The lowest BCUT2D eigenvalue weighted by Crippen LogP contribution is -2.37. The minimum atomic E-state index is -0.0486. The summed E-state index contributed by atoms with van der Waals surface area (Å²) in [5, 5.41) is 0. The number of carbonyl (C=O) groups excluding carboxylic acids is 1. The van der Waals surface area contributed by atoms with Crippen LogP contribution in [0.5, 0.6) is 0 Å². The Kier molecular flexibility index (Phi) is 2.82. The smallest absolute Gasteiger partial charge is 0.269 e. The van der Waals surface area contributed by atoms with Crippen LogP contribution in [0.15, 0.2) is 35.5 Å². The average molecular weight is 242 g/mol. The van der Waals surface area contributed by atoms with Crippen molar-refractivity contribution < 1.29 is 4.79 Å². The summed E-state index contributed by atoms with van der Waals surface area (Å²) in [5.41, 5.74) is 10.5. The van der Waals surface area contributed by atoms with Crippen LogP contribution >= 0.6 is 0 Å². The minimum Gasteiger partial charge on any atom is -0.302 e. The third-order valence-corrected chi connectivity index (χ3v) is 3.57. The Morgan fingerprint density at radius 1 is 1.17 bits per heavy atom. The normalized spacial score (nSPS) is 17.3. The molecule has 0 aromatic heterocycles. The van der Waals surface area contributed by atoms with Gasteiger partial charge in [-0.25, -0.2) is 0 Å². The topological polar surface area (TPSA) is 41.1 Å². The monoisotopic (exact) mass is 242 g/mol. The van der Waals surface area contributed by atoms with Crippen molar-refractivity contribution in [3.8, 4) is 0 Å². The molecular weight excluding hydrogens is 224 g/mol. The summed E-state index contributed by atoms with van der Waals surface area (Å²) >= 11 is 0. The van der Waals surface area contributed by atoms with Crippen molar-refractivity contribution in [2.75, 3.05) is 0 Å². The summed E-state index contributed by atoms with van der Waals surface area (Å²) in [6.07, 6.45) is 4.90. The zero-order valence-electron chi connectivity index (χ0n) is 10.6. The van der Waals surface area contributed by atoms with E-state index in [2.05, 4.69) is 10.9 Å². The Bertz CT molecular complexity index is 509. The fraction of sp³-hybridized carbons (Fsp3) is 0.400. The molecule has 0 saturated heterocycles. The van der Waals surface area contributed by atoms with E-state index < -0.39 is 0 Å². The molecule has 2 saturated carbocycles. The van der Waals surface area contributed by atoms with E-state index in [-0.39, 0.29) is 5.91 Å². The maximum atomic E-state index is 12.1. The zero-order chi connectivity index (χ0) is 12.5. The van der Waals surface area contributed by atoms with Gasteiger partial charge >= 0.3 is 0 Å². The number of rotatable bonds is 4. The Morgan fingerprint density at radius 3 is 2.50 bits per heavy atom. The lowest BCUT2D eigenvalue weighted by molar-refractivity contribution is 0.0937. The second-order valence-electron chi connectivity index (χ2n) is 5.19. The number of benzene rings is 1. The van der Waals surface area contributed by atoms with Gasteiger partial charge in [0.2, 0.25) is 0 Å². The van der Waals surface area contributed by atoms with Gasteiger partial charge in [0.25, 0.3) is 5.91 Å².